The van der Waals surface area contributed by atoms with Gasteiger partial charge in [-0.2, -0.15) is 0 Å². The standard InChI is InChI=1S/C14H24N2O3S/c1-11-7-8-12(2)14(13(11)15)20(18,19)16(3)9-5-4-6-10-17/h7-8,17H,4-6,9-10,15H2,1-3H3. The van der Waals surface area contributed by atoms with E-state index in [1.165, 1.54) is 4.31 Å². The van der Waals surface area contributed by atoms with E-state index in [2.05, 4.69) is 0 Å². The van der Waals surface area contributed by atoms with Crippen molar-refractivity contribution >= 4 is 15.7 Å². The van der Waals surface area contributed by atoms with Gasteiger partial charge in [-0.1, -0.05) is 12.1 Å². The first-order valence-electron chi connectivity index (χ1n) is 6.75. The summed E-state index contributed by atoms with van der Waals surface area (Å²) in [5, 5.41) is 8.72. The molecule has 1 aromatic rings. The highest BCUT2D eigenvalue weighted by Crippen LogP contribution is 2.28. The average Bonchev–Trinajstić information content (AvgIpc) is 2.39. The molecule has 0 aliphatic carbocycles. The fraction of sp³-hybridized carbons (Fsp3) is 0.571. The highest BCUT2D eigenvalue weighted by Gasteiger charge is 2.25. The van der Waals surface area contributed by atoms with Crippen molar-refractivity contribution in [2.75, 3.05) is 25.9 Å². The molecule has 5 nitrogen and oxygen atoms in total. The number of nitrogens with two attached hydrogens (primary N) is 1. The third-order valence-corrected chi connectivity index (χ3v) is 5.47. The average molecular weight is 300 g/mol. The molecule has 0 heterocycles. The van der Waals surface area contributed by atoms with E-state index in [1.807, 2.05) is 6.07 Å². The van der Waals surface area contributed by atoms with Gasteiger partial charge in [0.1, 0.15) is 4.90 Å². The minimum absolute atomic E-state index is 0.139. The first-order chi connectivity index (χ1) is 9.32. The first-order valence-corrected chi connectivity index (χ1v) is 8.19. The van der Waals surface area contributed by atoms with E-state index >= 15 is 0 Å². The van der Waals surface area contributed by atoms with Crippen molar-refractivity contribution in [1.29, 1.82) is 0 Å². The monoisotopic (exact) mass is 300 g/mol. The SMILES string of the molecule is Cc1ccc(C)c(S(=O)(=O)N(C)CCCCCO)c1N. The molecule has 1 rings (SSSR count). The van der Waals surface area contributed by atoms with Crippen molar-refractivity contribution in [3.8, 4) is 0 Å². The second-order valence-corrected chi connectivity index (χ2v) is 7.03. The maximum Gasteiger partial charge on any atom is 0.245 e. The van der Waals surface area contributed by atoms with E-state index in [0.29, 0.717) is 24.2 Å². The van der Waals surface area contributed by atoms with Gasteiger partial charge >= 0.3 is 0 Å². The lowest BCUT2D eigenvalue weighted by Gasteiger charge is -2.20. The van der Waals surface area contributed by atoms with Crippen LogP contribution in [0.5, 0.6) is 0 Å². The lowest BCUT2D eigenvalue weighted by Crippen LogP contribution is -2.29. The molecule has 6 heteroatoms. The molecule has 0 saturated heterocycles. The molecule has 1 aromatic carbocycles. The van der Waals surface area contributed by atoms with Crippen LogP contribution in [0.3, 0.4) is 0 Å². The van der Waals surface area contributed by atoms with E-state index in [0.717, 1.165) is 18.4 Å². The van der Waals surface area contributed by atoms with Gasteiger partial charge in [0.05, 0.1) is 5.69 Å². The van der Waals surface area contributed by atoms with Crippen molar-refractivity contribution in [3.63, 3.8) is 0 Å². The van der Waals surface area contributed by atoms with Gasteiger partial charge in [-0.25, -0.2) is 12.7 Å². The molecule has 0 atom stereocenters. The molecule has 0 unspecified atom stereocenters. The Morgan fingerprint density at radius 2 is 1.75 bits per heavy atom. The van der Waals surface area contributed by atoms with Crippen LogP contribution < -0.4 is 5.73 Å². The summed E-state index contributed by atoms with van der Waals surface area (Å²) in [6.45, 7) is 4.12. The predicted octanol–water partition coefficient (Wildman–Crippen LogP) is 1.67. The Hall–Kier alpha value is -1.11. The Balaban J connectivity index is 2.96. The van der Waals surface area contributed by atoms with Gasteiger partial charge in [0.15, 0.2) is 0 Å². The number of hydrogen-bond acceptors (Lipinski definition) is 4. The van der Waals surface area contributed by atoms with E-state index in [9.17, 15) is 8.42 Å². The van der Waals surface area contributed by atoms with Crippen LogP contribution >= 0.6 is 0 Å². The molecule has 0 saturated carbocycles. The molecule has 0 aliphatic heterocycles. The number of sulfonamides is 1. The summed E-state index contributed by atoms with van der Waals surface area (Å²) in [4.78, 5) is 0.210. The van der Waals surface area contributed by atoms with E-state index < -0.39 is 10.0 Å². The summed E-state index contributed by atoms with van der Waals surface area (Å²) in [6, 6.07) is 3.60. The van der Waals surface area contributed by atoms with Crippen molar-refractivity contribution in [2.45, 2.75) is 38.0 Å². The van der Waals surface area contributed by atoms with Gasteiger partial charge in [0.2, 0.25) is 10.0 Å². The van der Waals surface area contributed by atoms with Gasteiger partial charge in [0.25, 0.3) is 0 Å². The van der Waals surface area contributed by atoms with Crippen LogP contribution in [-0.2, 0) is 10.0 Å². The molecule has 0 fully saturated rings. The van der Waals surface area contributed by atoms with Crippen molar-refractivity contribution in [1.82, 2.24) is 4.31 Å². The summed E-state index contributed by atoms with van der Waals surface area (Å²) in [7, 11) is -2.00. The number of aliphatic hydroxyl groups excluding tert-OH is 1. The number of rotatable bonds is 7. The van der Waals surface area contributed by atoms with Crippen molar-refractivity contribution < 1.29 is 13.5 Å². The molecule has 0 bridgehead atoms. The highest BCUT2D eigenvalue weighted by molar-refractivity contribution is 7.89. The van der Waals surface area contributed by atoms with Gasteiger partial charge in [0, 0.05) is 20.2 Å². The van der Waals surface area contributed by atoms with Crippen LogP contribution in [0.1, 0.15) is 30.4 Å². The highest BCUT2D eigenvalue weighted by atomic mass is 32.2. The normalized spacial score (nSPS) is 12.1. The molecule has 0 spiro atoms. The zero-order valence-electron chi connectivity index (χ0n) is 12.4. The van der Waals surface area contributed by atoms with Crippen LogP contribution in [0, 0.1) is 13.8 Å². The Labute approximate surface area is 121 Å². The number of benzene rings is 1. The maximum absolute atomic E-state index is 12.6. The van der Waals surface area contributed by atoms with E-state index in [1.54, 1.807) is 27.0 Å². The Morgan fingerprint density at radius 1 is 1.15 bits per heavy atom. The minimum atomic E-state index is -3.56. The number of nitrogens with zero attached hydrogens (tertiary/aromatic N) is 1. The molecular weight excluding hydrogens is 276 g/mol. The van der Waals surface area contributed by atoms with Crippen molar-refractivity contribution in [3.05, 3.63) is 23.3 Å². The fourth-order valence-electron chi connectivity index (χ4n) is 2.05. The third kappa shape index (κ3) is 3.71. The molecule has 3 N–H and O–H groups in total. The fourth-order valence-corrected chi connectivity index (χ4v) is 3.64. The van der Waals surface area contributed by atoms with E-state index in [-0.39, 0.29) is 11.5 Å². The smallest absolute Gasteiger partial charge is 0.245 e. The van der Waals surface area contributed by atoms with Crippen LogP contribution in [0.2, 0.25) is 0 Å². The summed E-state index contributed by atoms with van der Waals surface area (Å²) in [5.74, 6) is 0. The topological polar surface area (TPSA) is 83.6 Å². The molecule has 0 radical (unpaired) electrons. The largest absolute Gasteiger partial charge is 0.397 e. The zero-order chi connectivity index (χ0) is 15.3. The molecule has 0 aromatic heterocycles. The Kier molecular flexibility index (Phi) is 5.98. The third-order valence-electron chi connectivity index (χ3n) is 3.41. The first kappa shape index (κ1) is 16.9. The van der Waals surface area contributed by atoms with Gasteiger partial charge in [-0.3, -0.25) is 0 Å². The van der Waals surface area contributed by atoms with Crippen LogP contribution in [0.4, 0.5) is 5.69 Å². The molecular formula is C14H24N2O3S. The van der Waals surface area contributed by atoms with E-state index in [4.69, 9.17) is 10.8 Å². The number of aliphatic hydroxyl groups is 1. The van der Waals surface area contributed by atoms with Crippen LogP contribution in [0.15, 0.2) is 17.0 Å². The number of aryl methyl sites for hydroxylation is 2. The Morgan fingerprint density at radius 3 is 2.35 bits per heavy atom. The molecule has 20 heavy (non-hydrogen) atoms. The van der Waals surface area contributed by atoms with Gasteiger partial charge in [-0.05, 0) is 44.2 Å². The summed E-state index contributed by atoms with van der Waals surface area (Å²) in [6.07, 6.45) is 2.22. The van der Waals surface area contributed by atoms with Gasteiger partial charge in [-0.15, -0.1) is 0 Å². The number of anilines is 1. The second kappa shape index (κ2) is 7.06. The molecule has 114 valence electrons. The number of hydrogen-bond donors (Lipinski definition) is 2. The second-order valence-electron chi connectivity index (χ2n) is 5.05. The molecule has 0 aliphatic rings. The summed E-state index contributed by atoms with van der Waals surface area (Å²) >= 11 is 0. The zero-order valence-corrected chi connectivity index (χ0v) is 13.2. The quantitative estimate of drug-likeness (QED) is 0.592. The predicted molar refractivity (Wildman–Crippen MR) is 81.1 cm³/mol. The lowest BCUT2D eigenvalue weighted by molar-refractivity contribution is 0.281. The van der Waals surface area contributed by atoms with Gasteiger partial charge < -0.3 is 10.8 Å². The van der Waals surface area contributed by atoms with Crippen molar-refractivity contribution in [2.24, 2.45) is 0 Å². The Bertz CT molecular complexity index is 556. The number of nitrogen functional groups attached to an aromatic ring is 1. The molecule has 0 amide bonds. The number of unbranched alkanes of at least 4 members (excludes halogenated alkanes) is 2. The minimum Gasteiger partial charge on any atom is -0.397 e. The lowest BCUT2D eigenvalue weighted by atomic mass is 10.1. The van der Waals surface area contributed by atoms with Crippen LogP contribution in [0.25, 0.3) is 0 Å². The van der Waals surface area contributed by atoms with Crippen LogP contribution in [-0.4, -0.2) is 38.0 Å². The summed E-state index contributed by atoms with van der Waals surface area (Å²) in [5.41, 5.74) is 7.70. The summed E-state index contributed by atoms with van der Waals surface area (Å²) < 4.78 is 26.5. The maximum atomic E-state index is 12.6.